The fraction of sp³-hybridized carbons (Fsp3) is 0.643. The van der Waals surface area contributed by atoms with Crippen LogP contribution in [0.1, 0.15) is 18.2 Å². The topological polar surface area (TPSA) is 30.3 Å². The van der Waals surface area contributed by atoms with Gasteiger partial charge in [-0.05, 0) is 14.0 Å². The third-order valence-electron chi connectivity index (χ3n) is 3.50. The fourth-order valence-corrected chi connectivity index (χ4v) is 2.49. The lowest BCUT2D eigenvalue weighted by atomic mass is 9.88. The van der Waals surface area contributed by atoms with Gasteiger partial charge in [-0.3, -0.25) is 4.68 Å². The molecule has 0 spiro atoms. The molecule has 1 saturated heterocycles. The summed E-state index contributed by atoms with van der Waals surface area (Å²) in [6, 6.07) is 0. The van der Waals surface area contributed by atoms with Crippen molar-refractivity contribution >= 4 is 0 Å². The first-order valence-corrected chi connectivity index (χ1v) is 6.42. The van der Waals surface area contributed by atoms with Crippen molar-refractivity contribution in [1.82, 2.24) is 14.7 Å². The zero-order chi connectivity index (χ0) is 13.2. The summed E-state index contributed by atoms with van der Waals surface area (Å²) in [5, 5.41) is 4.38. The number of aromatic nitrogens is 2. The summed E-state index contributed by atoms with van der Waals surface area (Å²) in [4.78, 5) is 2.35. The summed E-state index contributed by atoms with van der Waals surface area (Å²) >= 11 is 0. The van der Waals surface area contributed by atoms with Crippen LogP contribution in [-0.2, 0) is 17.8 Å². The number of hydrogen-bond donors (Lipinski definition) is 0. The summed E-state index contributed by atoms with van der Waals surface area (Å²) in [6.07, 6.45) is 3.84. The quantitative estimate of drug-likeness (QED) is 0.721. The summed E-state index contributed by atoms with van der Waals surface area (Å²) in [5.41, 5.74) is 2.86. The van der Waals surface area contributed by atoms with Crippen molar-refractivity contribution in [3.05, 3.63) is 30.1 Å². The van der Waals surface area contributed by atoms with E-state index in [0.29, 0.717) is 5.41 Å². The maximum Gasteiger partial charge on any atom is 0.0590 e. The van der Waals surface area contributed by atoms with Crippen LogP contribution in [0.4, 0.5) is 0 Å². The van der Waals surface area contributed by atoms with E-state index in [4.69, 9.17) is 4.74 Å². The molecule has 0 unspecified atom stereocenters. The monoisotopic (exact) mass is 249 g/mol. The molecule has 100 valence electrons. The molecule has 0 atom stereocenters. The van der Waals surface area contributed by atoms with Gasteiger partial charge in [-0.25, -0.2) is 0 Å². The number of allylic oxidation sites excluding steroid dienone is 1. The van der Waals surface area contributed by atoms with E-state index in [-0.39, 0.29) is 0 Å². The van der Waals surface area contributed by atoms with Gasteiger partial charge in [0.05, 0.1) is 26.0 Å². The summed E-state index contributed by atoms with van der Waals surface area (Å²) in [7, 11) is 2.16. The highest BCUT2D eigenvalue weighted by molar-refractivity contribution is 5.16. The predicted octanol–water partition coefficient (Wildman–Crippen LogP) is 1.85. The molecule has 0 aliphatic carbocycles. The Labute approximate surface area is 109 Å². The minimum atomic E-state index is 0.333. The van der Waals surface area contributed by atoms with Gasteiger partial charge in [-0.1, -0.05) is 13.0 Å². The molecule has 0 N–H and O–H groups in total. The van der Waals surface area contributed by atoms with Crippen molar-refractivity contribution in [2.75, 3.05) is 26.8 Å². The predicted molar refractivity (Wildman–Crippen MR) is 72.4 cm³/mol. The normalized spacial score (nSPS) is 17.8. The average Bonchev–Trinajstić information content (AvgIpc) is 2.60. The molecule has 1 aromatic heterocycles. The third-order valence-corrected chi connectivity index (χ3v) is 3.50. The molecule has 1 aliphatic heterocycles. The van der Waals surface area contributed by atoms with E-state index < -0.39 is 0 Å². The SMILES string of the molecule is C=CCn1ncc(CN(C)CC2(C)COC2)c1C. The molecule has 0 saturated carbocycles. The Morgan fingerprint density at radius 3 is 2.89 bits per heavy atom. The molecule has 1 aromatic rings. The lowest BCUT2D eigenvalue weighted by molar-refractivity contribution is -0.113. The van der Waals surface area contributed by atoms with Crippen molar-refractivity contribution in [3.8, 4) is 0 Å². The van der Waals surface area contributed by atoms with Gasteiger partial charge in [0.2, 0.25) is 0 Å². The minimum absolute atomic E-state index is 0.333. The summed E-state index contributed by atoms with van der Waals surface area (Å²) < 4.78 is 7.28. The number of rotatable bonds is 6. The van der Waals surface area contributed by atoms with Crippen LogP contribution in [0, 0.1) is 12.3 Å². The second kappa shape index (κ2) is 5.24. The van der Waals surface area contributed by atoms with E-state index in [9.17, 15) is 0 Å². The van der Waals surface area contributed by atoms with Crippen LogP contribution in [0.5, 0.6) is 0 Å². The molecule has 2 heterocycles. The standard InChI is InChI=1S/C14H23N3O/c1-5-6-17-12(2)13(7-15-17)8-16(4)9-14(3)10-18-11-14/h5,7H,1,6,8-11H2,2-4H3. The van der Waals surface area contributed by atoms with Crippen LogP contribution in [0.15, 0.2) is 18.9 Å². The highest BCUT2D eigenvalue weighted by Gasteiger charge is 2.34. The lowest BCUT2D eigenvalue weighted by Crippen LogP contribution is -2.47. The highest BCUT2D eigenvalue weighted by Crippen LogP contribution is 2.27. The van der Waals surface area contributed by atoms with Crippen LogP contribution < -0.4 is 0 Å². The average molecular weight is 249 g/mol. The van der Waals surface area contributed by atoms with E-state index in [2.05, 4.69) is 37.5 Å². The van der Waals surface area contributed by atoms with Crippen molar-refractivity contribution in [2.45, 2.75) is 26.9 Å². The molecule has 1 fully saturated rings. The highest BCUT2D eigenvalue weighted by atomic mass is 16.5. The summed E-state index contributed by atoms with van der Waals surface area (Å²) in [5.74, 6) is 0. The second-order valence-electron chi connectivity index (χ2n) is 5.70. The third kappa shape index (κ3) is 2.82. The zero-order valence-electron chi connectivity index (χ0n) is 11.6. The van der Waals surface area contributed by atoms with Crippen molar-refractivity contribution in [3.63, 3.8) is 0 Å². The van der Waals surface area contributed by atoms with Crippen molar-refractivity contribution < 1.29 is 4.74 Å². The van der Waals surface area contributed by atoms with Gasteiger partial charge in [-0.2, -0.15) is 5.10 Å². The van der Waals surface area contributed by atoms with E-state index in [0.717, 1.165) is 32.8 Å². The Morgan fingerprint density at radius 1 is 1.61 bits per heavy atom. The Bertz CT molecular complexity index is 421. The Hall–Kier alpha value is -1.13. The smallest absolute Gasteiger partial charge is 0.0590 e. The number of ether oxygens (including phenoxy) is 1. The number of nitrogens with zero attached hydrogens (tertiary/aromatic N) is 3. The van der Waals surface area contributed by atoms with E-state index in [1.807, 2.05) is 17.0 Å². The molecule has 18 heavy (non-hydrogen) atoms. The molecule has 0 amide bonds. The number of hydrogen-bond acceptors (Lipinski definition) is 3. The van der Waals surface area contributed by atoms with Crippen molar-refractivity contribution in [2.24, 2.45) is 5.41 Å². The van der Waals surface area contributed by atoms with E-state index >= 15 is 0 Å². The van der Waals surface area contributed by atoms with Crippen LogP contribution in [0.2, 0.25) is 0 Å². The first-order chi connectivity index (χ1) is 8.54. The molecule has 0 radical (unpaired) electrons. The first kappa shape index (κ1) is 13.3. The molecule has 1 aliphatic rings. The van der Waals surface area contributed by atoms with Crippen LogP contribution in [0.3, 0.4) is 0 Å². The second-order valence-corrected chi connectivity index (χ2v) is 5.70. The van der Waals surface area contributed by atoms with Crippen molar-refractivity contribution in [1.29, 1.82) is 0 Å². The van der Waals surface area contributed by atoms with Gasteiger partial charge in [0.25, 0.3) is 0 Å². The Balaban J connectivity index is 1.94. The van der Waals surface area contributed by atoms with Gasteiger partial charge in [-0.15, -0.1) is 6.58 Å². The molecule has 4 heteroatoms. The Kier molecular flexibility index (Phi) is 3.88. The largest absolute Gasteiger partial charge is 0.380 e. The zero-order valence-corrected chi connectivity index (χ0v) is 11.6. The maximum atomic E-state index is 5.29. The lowest BCUT2D eigenvalue weighted by Gasteiger charge is -2.40. The molecule has 0 aromatic carbocycles. The van der Waals surface area contributed by atoms with Crippen LogP contribution in [-0.4, -0.2) is 41.5 Å². The molecule has 4 nitrogen and oxygen atoms in total. The van der Waals surface area contributed by atoms with Crippen LogP contribution >= 0.6 is 0 Å². The molecule has 2 rings (SSSR count). The van der Waals surface area contributed by atoms with Gasteiger partial charge in [0.1, 0.15) is 0 Å². The maximum absolute atomic E-state index is 5.29. The summed E-state index contributed by atoms with van der Waals surface area (Å²) in [6.45, 7) is 12.7. The van der Waals surface area contributed by atoms with E-state index in [1.54, 1.807) is 0 Å². The Morgan fingerprint density at radius 2 is 2.33 bits per heavy atom. The molecular weight excluding hydrogens is 226 g/mol. The van der Waals surface area contributed by atoms with Gasteiger partial charge in [0, 0.05) is 29.8 Å². The van der Waals surface area contributed by atoms with Gasteiger partial charge >= 0.3 is 0 Å². The van der Waals surface area contributed by atoms with E-state index in [1.165, 1.54) is 11.3 Å². The minimum Gasteiger partial charge on any atom is -0.380 e. The fourth-order valence-electron chi connectivity index (χ4n) is 2.49. The first-order valence-electron chi connectivity index (χ1n) is 6.42. The van der Waals surface area contributed by atoms with Gasteiger partial charge in [0.15, 0.2) is 0 Å². The molecule has 0 bridgehead atoms. The van der Waals surface area contributed by atoms with Gasteiger partial charge < -0.3 is 9.64 Å². The van der Waals surface area contributed by atoms with Crippen LogP contribution in [0.25, 0.3) is 0 Å². The molecular formula is C14H23N3O.